The van der Waals surface area contributed by atoms with Crippen molar-refractivity contribution in [1.82, 2.24) is 10.2 Å². The maximum Gasteiger partial charge on any atom is 0.257 e. The molecule has 36 heavy (non-hydrogen) atoms. The number of nitrogens with zero attached hydrogens (tertiary/aromatic N) is 2. The summed E-state index contributed by atoms with van der Waals surface area (Å²) in [5.74, 6) is 1.42. The number of anilines is 1. The Labute approximate surface area is 219 Å². The number of amides is 1. The van der Waals surface area contributed by atoms with Crippen molar-refractivity contribution in [3.05, 3.63) is 54.1 Å². The Morgan fingerprint density at radius 1 is 0.722 bits per heavy atom. The van der Waals surface area contributed by atoms with Crippen LogP contribution in [0.4, 0.5) is 5.13 Å². The van der Waals surface area contributed by atoms with Crippen molar-refractivity contribution in [2.45, 2.75) is 78.1 Å². The second-order valence-corrected chi connectivity index (χ2v) is 9.92. The highest BCUT2D eigenvalue weighted by Gasteiger charge is 2.12. The number of aromatic nitrogens is 2. The van der Waals surface area contributed by atoms with Gasteiger partial charge in [-0.1, -0.05) is 76.6 Å². The number of carbonyl (C=O) groups excluding carboxylic acids is 1. The summed E-state index contributed by atoms with van der Waals surface area (Å²) in [5, 5.41) is 12.4. The Hall–Kier alpha value is -2.93. The second kappa shape index (κ2) is 15.9. The van der Waals surface area contributed by atoms with E-state index < -0.39 is 0 Å². The minimum atomic E-state index is -0.216. The van der Waals surface area contributed by atoms with Crippen LogP contribution in [0.5, 0.6) is 11.5 Å². The molecule has 0 aliphatic carbocycles. The molecule has 0 saturated heterocycles. The fourth-order valence-electron chi connectivity index (χ4n) is 3.75. The maximum atomic E-state index is 12.6. The van der Waals surface area contributed by atoms with Crippen molar-refractivity contribution in [3.63, 3.8) is 0 Å². The third-order valence-corrected chi connectivity index (χ3v) is 6.78. The van der Waals surface area contributed by atoms with E-state index in [4.69, 9.17) is 9.47 Å². The molecule has 1 heterocycles. The van der Waals surface area contributed by atoms with Gasteiger partial charge in [-0.05, 0) is 61.4 Å². The lowest BCUT2D eigenvalue weighted by Gasteiger charge is -2.07. The highest BCUT2D eigenvalue weighted by Crippen LogP contribution is 2.28. The number of nitrogens with one attached hydrogen (secondary N) is 1. The van der Waals surface area contributed by atoms with Crippen molar-refractivity contribution < 1.29 is 14.3 Å². The quantitative estimate of drug-likeness (QED) is 0.186. The molecule has 6 nitrogen and oxygen atoms in total. The summed E-state index contributed by atoms with van der Waals surface area (Å²) in [7, 11) is 0. The van der Waals surface area contributed by atoms with Crippen molar-refractivity contribution in [2.24, 2.45) is 0 Å². The number of hydrogen-bond donors (Lipinski definition) is 1. The van der Waals surface area contributed by atoms with Gasteiger partial charge in [0, 0.05) is 11.1 Å². The molecule has 0 saturated carbocycles. The van der Waals surface area contributed by atoms with Crippen molar-refractivity contribution >= 4 is 22.4 Å². The predicted octanol–water partition coefficient (Wildman–Crippen LogP) is 8.16. The van der Waals surface area contributed by atoms with Gasteiger partial charge in [0.05, 0.1) is 13.2 Å². The molecule has 0 bridgehead atoms. The van der Waals surface area contributed by atoms with E-state index in [1.165, 1.54) is 62.7 Å². The Morgan fingerprint density at radius 3 is 1.86 bits per heavy atom. The normalized spacial score (nSPS) is 10.8. The lowest BCUT2D eigenvalue weighted by Crippen LogP contribution is -2.11. The summed E-state index contributed by atoms with van der Waals surface area (Å²) in [4.78, 5) is 12.6. The Bertz CT molecular complexity index is 1020. The molecule has 0 aliphatic rings. The maximum absolute atomic E-state index is 12.6. The topological polar surface area (TPSA) is 73.3 Å². The first-order valence-corrected chi connectivity index (χ1v) is 14.1. The smallest absolute Gasteiger partial charge is 0.257 e. The van der Waals surface area contributed by atoms with Crippen LogP contribution >= 0.6 is 11.3 Å². The van der Waals surface area contributed by atoms with Gasteiger partial charge >= 0.3 is 0 Å². The van der Waals surface area contributed by atoms with Crippen LogP contribution in [-0.4, -0.2) is 29.3 Å². The van der Waals surface area contributed by atoms with E-state index in [0.717, 1.165) is 41.5 Å². The average molecular weight is 510 g/mol. The lowest BCUT2D eigenvalue weighted by atomic mass is 10.1. The molecular weight excluding hydrogens is 470 g/mol. The summed E-state index contributed by atoms with van der Waals surface area (Å²) < 4.78 is 11.6. The molecule has 0 fully saturated rings. The third kappa shape index (κ3) is 9.61. The molecular formula is C29H39N3O3S. The largest absolute Gasteiger partial charge is 0.494 e. The van der Waals surface area contributed by atoms with Gasteiger partial charge < -0.3 is 9.47 Å². The first-order chi connectivity index (χ1) is 17.7. The van der Waals surface area contributed by atoms with Crippen molar-refractivity contribution in [1.29, 1.82) is 0 Å². The van der Waals surface area contributed by atoms with E-state index >= 15 is 0 Å². The van der Waals surface area contributed by atoms with Crippen LogP contribution in [-0.2, 0) is 0 Å². The van der Waals surface area contributed by atoms with E-state index in [1.807, 2.05) is 36.4 Å². The van der Waals surface area contributed by atoms with Gasteiger partial charge in [0.2, 0.25) is 5.13 Å². The lowest BCUT2D eigenvalue weighted by molar-refractivity contribution is 0.102. The monoisotopic (exact) mass is 509 g/mol. The molecule has 7 heteroatoms. The Kier molecular flexibility index (Phi) is 12.2. The highest BCUT2D eigenvalue weighted by atomic mass is 32.1. The number of rotatable bonds is 17. The standard InChI is InChI=1S/C29H39N3O3S/c1-3-5-7-9-10-12-22-35-25-17-13-23(14-18-25)27(33)30-29-32-31-28(36-29)24-15-19-26(20-16-24)34-21-11-8-6-4-2/h13-20H,3-12,21-22H2,1-2H3,(H,30,32,33). The van der Waals surface area contributed by atoms with Crippen LogP contribution in [0, 0.1) is 0 Å². The third-order valence-electron chi connectivity index (χ3n) is 5.90. The fourth-order valence-corrected chi connectivity index (χ4v) is 4.49. The molecule has 0 radical (unpaired) electrons. The summed E-state index contributed by atoms with van der Waals surface area (Å²) in [6.45, 7) is 5.87. The SMILES string of the molecule is CCCCCCCCOc1ccc(C(=O)Nc2nnc(-c3ccc(OCCCCCC)cc3)s2)cc1. The van der Waals surface area contributed by atoms with Gasteiger partial charge in [-0.15, -0.1) is 10.2 Å². The minimum absolute atomic E-state index is 0.216. The molecule has 1 amide bonds. The summed E-state index contributed by atoms with van der Waals surface area (Å²) in [6.07, 6.45) is 12.1. The van der Waals surface area contributed by atoms with Crippen LogP contribution in [0.2, 0.25) is 0 Å². The van der Waals surface area contributed by atoms with Crippen LogP contribution in [0.3, 0.4) is 0 Å². The van der Waals surface area contributed by atoms with Gasteiger partial charge in [-0.3, -0.25) is 10.1 Å². The van der Waals surface area contributed by atoms with Crippen molar-refractivity contribution in [3.8, 4) is 22.1 Å². The molecule has 2 aromatic carbocycles. The van der Waals surface area contributed by atoms with E-state index in [0.29, 0.717) is 17.3 Å². The van der Waals surface area contributed by atoms with E-state index in [1.54, 1.807) is 12.1 Å². The average Bonchev–Trinajstić information content (AvgIpc) is 3.37. The van der Waals surface area contributed by atoms with Crippen LogP contribution < -0.4 is 14.8 Å². The minimum Gasteiger partial charge on any atom is -0.494 e. The molecule has 1 aromatic heterocycles. The second-order valence-electron chi connectivity index (χ2n) is 8.94. The fraction of sp³-hybridized carbons (Fsp3) is 0.483. The molecule has 3 aromatic rings. The summed E-state index contributed by atoms with van der Waals surface area (Å²) in [6, 6.07) is 15.1. The van der Waals surface area contributed by atoms with Gasteiger partial charge in [0.15, 0.2) is 0 Å². The highest BCUT2D eigenvalue weighted by molar-refractivity contribution is 7.18. The number of unbranched alkanes of at least 4 members (excludes halogenated alkanes) is 8. The summed E-state index contributed by atoms with van der Waals surface area (Å²) >= 11 is 1.35. The van der Waals surface area contributed by atoms with Crippen molar-refractivity contribution in [2.75, 3.05) is 18.5 Å². The van der Waals surface area contributed by atoms with Crippen LogP contribution in [0.15, 0.2) is 48.5 Å². The van der Waals surface area contributed by atoms with E-state index in [-0.39, 0.29) is 5.91 Å². The van der Waals surface area contributed by atoms with Gasteiger partial charge in [0.25, 0.3) is 5.91 Å². The number of hydrogen-bond acceptors (Lipinski definition) is 6. The number of benzene rings is 2. The van der Waals surface area contributed by atoms with E-state index in [9.17, 15) is 4.79 Å². The molecule has 194 valence electrons. The van der Waals surface area contributed by atoms with Crippen LogP contribution in [0.25, 0.3) is 10.6 Å². The first-order valence-electron chi connectivity index (χ1n) is 13.3. The van der Waals surface area contributed by atoms with Crippen LogP contribution in [0.1, 0.15) is 88.4 Å². The Balaban J connectivity index is 1.42. The molecule has 0 atom stereocenters. The zero-order valence-electron chi connectivity index (χ0n) is 21.6. The van der Waals surface area contributed by atoms with Gasteiger partial charge in [0.1, 0.15) is 16.5 Å². The molecule has 0 unspecified atom stereocenters. The Morgan fingerprint density at radius 2 is 1.25 bits per heavy atom. The number of carbonyl (C=O) groups is 1. The zero-order valence-corrected chi connectivity index (χ0v) is 22.4. The number of ether oxygens (including phenoxy) is 2. The summed E-state index contributed by atoms with van der Waals surface area (Å²) in [5.41, 5.74) is 1.50. The van der Waals surface area contributed by atoms with Gasteiger partial charge in [-0.2, -0.15) is 0 Å². The first kappa shape index (κ1) is 27.7. The molecule has 0 spiro atoms. The van der Waals surface area contributed by atoms with E-state index in [2.05, 4.69) is 29.4 Å². The zero-order chi connectivity index (χ0) is 25.4. The molecule has 3 rings (SSSR count). The predicted molar refractivity (Wildman–Crippen MR) is 148 cm³/mol. The molecule has 1 N–H and O–H groups in total. The molecule has 0 aliphatic heterocycles. The van der Waals surface area contributed by atoms with Gasteiger partial charge in [-0.25, -0.2) is 0 Å².